The third kappa shape index (κ3) is 3.50. The molecule has 0 aliphatic heterocycles. The average molecular weight is 326 g/mol. The van der Waals surface area contributed by atoms with Crippen LogP contribution in [0.4, 0.5) is 5.69 Å². The molecule has 0 bridgehead atoms. The molecule has 24 heavy (non-hydrogen) atoms. The maximum atomic E-state index is 12.9. The van der Waals surface area contributed by atoms with E-state index in [1.165, 1.54) is 25.5 Å². The fourth-order valence-corrected chi connectivity index (χ4v) is 3.19. The Kier molecular flexibility index (Phi) is 4.99. The molecule has 1 aliphatic rings. The smallest absolute Gasteiger partial charge is 0.291 e. The van der Waals surface area contributed by atoms with Gasteiger partial charge in [0.25, 0.3) is 11.8 Å². The van der Waals surface area contributed by atoms with Crippen molar-refractivity contribution in [3.8, 4) is 0 Å². The van der Waals surface area contributed by atoms with Crippen molar-refractivity contribution in [1.82, 2.24) is 4.90 Å². The highest BCUT2D eigenvalue weighted by molar-refractivity contribution is 6.07. The molecule has 3 rings (SSSR count). The van der Waals surface area contributed by atoms with Crippen LogP contribution in [0.2, 0.25) is 0 Å². The van der Waals surface area contributed by atoms with Crippen LogP contribution in [0.1, 0.15) is 53.0 Å². The predicted octanol–water partition coefficient (Wildman–Crippen LogP) is 3.94. The summed E-state index contributed by atoms with van der Waals surface area (Å²) in [6, 6.07) is 10.6. The molecule has 5 nitrogen and oxygen atoms in total. The molecule has 2 amide bonds. The van der Waals surface area contributed by atoms with Gasteiger partial charge in [-0.1, -0.05) is 31.4 Å². The molecular weight excluding hydrogens is 304 g/mol. The first kappa shape index (κ1) is 16.3. The lowest BCUT2D eigenvalue weighted by Gasteiger charge is -2.31. The Balaban J connectivity index is 1.78. The summed E-state index contributed by atoms with van der Waals surface area (Å²) in [6.45, 7) is 0. The average Bonchev–Trinajstić information content (AvgIpc) is 3.16. The Morgan fingerprint density at radius 3 is 2.54 bits per heavy atom. The van der Waals surface area contributed by atoms with Crippen LogP contribution in [-0.2, 0) is 0 Å². The van der Waals surface area contributed by atoms with Crippen LogP contribution in [0.25, 0.3) is 0 Å². The van der Waals surface area contributed by atoms with Crippen LogP contribution < -0.4 is 5.32 Å². The van der Waals surface area contributed by atoms with Gasteiger partial charge in [-0.3, -0.25) is 9.59 Å². The summed E-state index contributed by atoms with van der Waals surface area (Å²) in [4.78, 5) is 26.9. The number of anilines is 1. The molecule has 0 saturated heterocycles. The number of rotatable bonds is 4. The van der Waals surface area contributed by atoms with Crippen molar-refractivity contribution in [2.75, 3.05) is 12.4 Å². The number of para-hydroxylation sites is 1. The van der Waals surface area contributed by atoms with Crippen molar-refractivity contribution in [1.29, 1.82) is 0 Å². The lowest BCUT2D eigenvalue weighted by molar-refractivity contribution is 0.0697. The van der Waals surface area contributed by atoms with Crippen LogP contribution in [0.3, 0.4) is 0 Å². The first-order valence-electron chi connectivity index (χ1n) is 8.38. The number of hydrogen-bond donors (Lipinski definition) is 1. The van der Waals surface area contributed by atoms with E-state index in [0.717, 1.165) is 12.8 Å². The van der Waals surface area contributed by atoms with Crippen LogP contribution in [-0.4, -0.2) is 29.8 Å². The SMILES string of the molecule is CN(C(=O)c1ccccc1NC(=O)c1ccco1)C1CCCCC1. The fraction of sp³-hybridized carbons (Fsp3) is 0.368. The van der Waals surface area contributed by atoms with Crippen LogP contribution in [0.15, 0.2) is 47.1 Å². The number of carbonyl (C=O) groups is 2. The lowest BCUT2D eigenvalue weighted by Crippen LogP contribution is -2.38. The highest BCUT2D eigenvalue weighted by atomic mass is 16.3. The molecule has 0 spiro atoms. The second-order valence-corrected chi connectivity index (χ2v) is 6.18. The van der Waals surface area contributed by atoms with E-state index < -0.39 is 0 Å². The van der Waals surface area contributed by atoms with Crippen molar-refractivity contribution < 1.29 is 14.0 Å². The number of benzene rings is 1. The molecule has 1 saturated carbocycles. The van der Waals surface area contributed by atoms with Gasteiger partial charge in [0.2, 0.25) is 0 Å². The third-order valence-electron chi connectivity index (χ3n) is 4.59. The monoisotopic (exact) mass is 326 g/mol. The molecule has 2 aromatic rings. The minimum atomic E-state index is -0.361. The molecule has 5 heteroatoms. The maximum Gasteiger partial charge on any atom is 0.291 e. The number of amides is 2. The summed E-state index contributed by atoms with van der Waals surface area (Å²) in [6.07, 6.45) is 7.11. The normalized spacial score (nSPS) is 15.0. The molecule has 1 N–H and O–H groups in total. The zero-order chi connectivity index (χ0) is 16.9. The molecule has 1 fully saturated rings. The Labute approximate surface area is 141 Å². The van der Waals surface area contributed by atoms with Gasteiger partial charge in [-0.25, -0.2) is 0 Å². The molecule has 126 valence electrons. The number of carbonyl (C=O) groups excluding carboxylic acids is 2. The quantitative estimate of drug-likeness (QED) is 0.926. The number of hydrogen-bond acceptors (Lipinski definition) is 3. The van der Waals surface area contributed by atoms with E-state index in [9.17, 15) is 9.59 Å². The van der Waals surface area contributed by atoms with Crippen LogP contribution >= 0.6 is 0 Å². The Hall–Kier alpha value is -2.56. The van der Waals surface area contributed by atoms with Crippen LogP contribution in [0.5, 0.6) is 0 Å². The summed E-state index contributed by atoms with van der Waals surface area (Å²) >= 11 is 0. The first-order valence-corrected chi connectivity index (χ1v) is 8.38. The van der Waals surface area contributed by atoms with Gasteiger partial charge in [0.1, 0.15) is 0 Å². The largest absolute Gasteiger partial charge is 0.459 e. The minimum Gasteiger partial charge on any atom is -0.459 e. The van der Waals surface area contributed by atoms with Crippen molar-refractivity contribution in [3.05, 3.63) is 54.0 Å². The molecule has 1 heterocycles. The van der Waals surface area contributed by atoms with Gasteiger partial charge in [-0.15, -0.1) is 0 Å². The summed E-state index contributed by atoms with van der Waals surface area (Å²) in [5.41, 5.74) is 1.01. The summed E-state index contributed by atoms with van der Waals surface area (Å²) in [5.74, 6) is -0.198. The van der Waals surface area contributed by atoms with Gasteiger partial charge in [0.05, 0.1) is 17.5 Å². The Bertz CT molecular complexity index is 703. The highest BCUT2D eigenvalue weighted by Gasteiger charge is 2.25. The number of nitrogens with zero attached hydrogens (tertiary/aromatic N) is 1. The molecule has 1 aromatic heterocycles. The standard InChI is InChI=1S/C19H22N2O3/c1-21(14-8-3-2-4-9-14)19(23)15-10-5-6-11-16(15)20-18(22)17-12-7-13-24-17/h5-7,10-14H,2-4,8-9H2,1H3,(H,20,22). The van der Waals surface area contributed by atoms with E-state index in [2.05, 4.69) is 5.32 Å². The van der Waals surface area contributed by atoms with Gasteiger partial charge < -0.3 is 14.6 Å². The van der Waals surface area contributed by atoms with E-state index in [-0.39, 0.29) is 23.6 Å². The zero-order valence-corrected chi connectivity index (χ0v) is 13.8. The van der Waals surface area contributed by atoms with Gasteiger partial charge in [0, 0.05) is 13.1 Å². The molecular formula is C19H22N2O3. The summed E-state index contributed by atoms with van der Waals surface area (Å²) in [5, 5.41) is 2.77. The molecule has 0 atom stereocenters. The van der Waals surface area contributed by atoms with Gasteiger partial charge in [-0.05, 0) is 37.1 Å². The number of furan rings is 1. The lowest BCUT2D eigenvalue weighted by atomic mass is 9.94. The zero-order valence-electron chi connectivity index (χ0n) is 13.8. The van der Waals surface area contributed by atoms with Crippen molar-refractivity contribution >= 4 is 17.5 Å². The van der Waals surface area contributed by atoms with E-state index in [1.807, 2.05) is 18.0 Å². The second kappa shape index (κ2) is 7.34. The van der Waals surface area contributed by atoms with Crippen LogP contribution in [0, 0.1) is 0 Å². The van der Waals surface area contributed by atoms with Gasteiger partial charge in [0.15, 0.2) is 5.76 Å². The molecule has 0 radical (unpaired) electrons. The first-order chi connectivity index (χ1) is 11.7. The Morgan fingerprint density at radius 2 is 1.83 bits per heavy atom. The third-order valence-corrected chi connectivity index (χ3v) is 4.59. The topological polar surface area (TPSA) is 62.6 Å². The highest BCUT2D eigenvalue weighted by Crippen LogP contribution is 2.25. The van der Waals surface area contributed by atoms with Gasteiger partial charge in [-0.2, -0.15) is 0 Å². The maximum absolute atomic E-state index is 12.9. The van der Waals surface area contributed by atoms with Crippen molar-refractivity contribution in [2.45, 2.75) is 38.1 Å². The molecule has 1 aliphatic carbocycles. The molecule has 1 aromatic carbocycles. The van der Waals surface area contributed by atoms with E-state index in [4.69, 9.17) is 4.42 Å². The fourth-order valence-electron chi connectivity index (χ4n) is 3.19. The Morgan fingerprint density at radius 1 is 1.08 bits per heavy atom. The van der Waals surface area contributed by atoms with E-state index >= 15 is 0 Å². The minimum absolute atomic E-state index is 0.0581. The number of nitrogens with one attached hydrogen (secondary N) is 1. The molecule has 0 unspecified atom stereocenters. The summed E-state index contributed by atoms with van der Waals surface area (Å²) < 4.78 is 5.10. The van der Waals surface area contributed by atoms with E-state index in [1.54, 1.807) is 30.3 Å². The van der Waals surface area contributed by atoms with Crippen molar-refractivity contribution in [2.24, 2.45) is 0 Å². The van der Waals surface area contributed by atoms with Crippen molar-refractivity contribution in [3.63, 3.8) is 0 Å². The van der Waals surface area contributed by atoms with E-state index in [0.29, 0.717) is 11.3 Å². The van der Waals surface area contributed by atoms with Gasteiger partial charge >= 0.3 is 0 Å². The predicted molar refractivity (Wildman–Crippen MR) is 92.1 cm³/mol. The second-order valence-electron chi connectivity index (χ2n) is 6.18. The summed E-state index contributed by atoms with van der Waals surface area (Å²) in [7, 11) is 1.85.